The second kappa shape index (κ2) is 15.5. The van der Waals surface area contributed by atoms with Crippen LogP contribution in [0.3, 0.4) is 0 Å². The number of carbonyl (C=O) groups excluding carboxylic acids is 1. The van der Waals surface area contributed by atoms with E-state index in [0.717, 1.165) is 42.5 Å². The summed E-state index contributed by atoms with van der Waals surface area (Å²) in [5.74, 6) is -0.0766. The average Bonchev–Trinajstić information content (AvgIpc) is 3.39. The highest BCUT2D eigenvalue weighted by Crippen LogP contribution is 2.47. The van der Waals surface area contributed by atoms with E-state index in [4.69, 9.17) is 29.2 Å². The highest BCUT2D eigenvalue weighted by atomic mass is 31.2. The molecule has 0 aliphatic heterocycles. The number of benzene rings is 2. The Hall–Kier alpha value is -3.71. The lowest BCUT2D eigenvalue weighted by atomic mass is 10.1. The second-order valence-corrected chi connectivity index (χ2v) is 13.0. The van der Waals surface area contributed by atoms with E-state index in [9.17, 15) is 22.5 Å². The van der Waals surface area contributed by atoms with E-state index in [1.54, 1.807) is 13.8 Å². The van der Waals surface area contributed by atoms with Crippen LogP contribution in [0.25, 0.3) is 21.9 Å². The number of hydrogen-bond acceptors (Lipinski definition) is 9. The van der Waals surface area contributed by atoms with Crippen molar-refractivity contribution < 1.29 is 41.1 Å². The molecule has 0 radical (unpaired) electrons. The van der Waals surface area contributed by atoms with Crippen molar-refractivity contribution in [3.05, 3.63) is 59.9 Å². The summed E-state index contributed by atoms with van der Waals surface area (Å²) in [7, 11) is -4.43. The van der Waals surface area contributed by atoms with Gasteiger partial charge in [-0.15, -0.1) is 0 Å². The molecule has 0 aliphatic carbocycles. The molecular formula is C32H41F3N5O6P. The topological polar surface area (TPSA) is 140 Å². The number of nitrogens with one attached hydrogen (secondary N) is 1. The SMILES string of the molecule is CCCC[C@@H](CO[P@@](=O)(N[C@@H](C)C(=O)OC(C)C)Oc1ccc(C(F)(F)F)cc1)n1c(COCC)nc2c(N)nc3ccccc3c21. The number of nitrogens with two attached hydrogens (primary N) is 1. The van der Waals surface area contributed by atoms with Gasteiger partial charge in [0, 0.05) is 12.0 Å². The first-order valence-electron chi connectivity index (χ1n) is 15.5. The molecule has 0 unspecified atom stereocenters. The van der Waals surface area contributed by atoms with Gasteiger partial charge in [0.05, 0.1) is 35.3 Å². The lowest BCUT2D eigenvalue weighted by Crippen LogP contribution is -2.36. The molecule has 0 saturated heterocycles. The number of anilines is 1. The lowest BCUT2D eigenvalue weighted by Gasteiger charge is -2.27. The zero-order valence-electron chi connectivity index (χ0n) is 27.0. The Kier molecular flexibility index (Phi) is 11.9. The molecule has 2 heterocycles. The van der Waals surface area contributed by atoms with Crippen molar-refractivity contribution in [2.75, 3.05) is 18.9 Å². The fraction of sp³-hybridized carbons (Fsp3) is 0.469. The Labute approximate surface area is 271 Å². The standard InChI is InChI=1S/C32H41F3N5O6P/c1-6-8-11-23(40-27(19-43-7-2)38-28-29(40)25-12-9-10-13-26(25)37-30(28)36)18-44-47(42,39-21(5)31(41)45-20(3)4)46-24-16-14-22(15-17-24)32(33,34)35/h9-10,12-17,20-21,23H,6-8,11,18-19H2,1-5H3,(H2,36,37)(H,39,42)/t21-,23-,47-/m0/s1. The van der Waals surface area contributed by atoms with E-state index in [1.165, 1.54) is 6.92 Å². The minimum atomic E-state index is -4.57. The number of imidazole rings is 1. The van der Waals surface area contributed by atoms with Crippen LogP contribution in [0, 0.1) is 0 Å². The zero-order chi connectivity index (χ0) is 34.4. The number of unbranched alkanes of at least 4 members (excludes halogenated alkanes) is 1. The van der Waals surface area contributed by atoms with E-state index >= 15 is 0 Å². The molecule has 15 heteroatoms. The third-order valence-corrected chi connectivity index (χ3v) is 8.86. The largest absolute Gasteiger partial charge is 0.462 e. The number of halogens is 3. The van der Waals surface area contributed by atoms with Crippen molar-refractivity contribution in [3.8, 4) is 5.75 Å². The monoisotopic (exact) mass is 679 g/mol. The predicted molar refractivity (Wildman–Crippen MR) is 173 cm³/mol. The summed E-state index contributed by atoms with van der Waals surface area (Å²) in [6.45, 7) is 9.04. The van der Waals surface area contributed by atoms with Gasteiger partial charge in [-0.3, -0.25) is 9.32 Å². The van der Waals surface area contributed by atoms with E-state index in [2.05, 4.69) is 10.1 Å². The number of rotatable bonds is 16. The number of esters is 1. The summed E-state index contributed by atoms with van der Waals surface area (Å²) < 4.78 is 78.7. The molecule has 4 rings (SSSR count). The molecule has 3 N–H and O–H groups in total. The van der Waals surface area contributed by atoms with Gasteiger partial charge in [-0.1, -0.05) is 38.0 Å². The molecule has 11 nitrogen and oxygen atoms in total. The van der Waals surface area contributed by atoms with Gasteiger partial charge < -0.3 is 24.3 Å². The molecule has 3 atom stereocenters. The maximum atomic E-state index is 14.3. The highest BCUT2D eigenvalue weighted by Gasteiger charge is 2.35. The Balaban J connectivity index is 1.76. The highest BCUT2D eigenvalue weighted by molar-refractivity contribution is 7.52. The predicted octanol–water partition coefficient (Wildman–Crippen LogP) is 7.59. The summed E-state index contributed by atoms with van der Waals surface area (Å²) in [5, 5.41) is 3.40. The van der Waals surface area contributed by atoms with Gasteiger partial charge in [-0.25, -0.2) is 14.5 Å². The molecule has 2 aromatic carbocycles. The number of nitrogens with zero attached hydrogens (tertiary/aromatic N) is 3. The summed E-state index contributed by atoms with van der Waals surface area (Å²) >= 11 is 0. The van der Waals surface area contributed by atoms with Crippen LogP contribution in [0.2, 0.25) is 0 Å². The van der Waals surface area contributed by atoms with E-state index in [0.29, 0.717) is 35.4 Å². The summed E-state index contributed by atoms with van der Waals surface area (Å²) in [4.78, 5) is 22.0. The van der Waals surface area contributed by atoms with Gasteiger partial charge in [-0.2, -0.15) is 18.3 Å². The fourth-order valence-electron chi connectivity index (χ4n) is 5.03. The quantitative estimate of drug-likeness (QED) is 0.0899. The van der Waals surface area contributed by atoms with Gasteiger partial charge in [0.1, 0.15) is 29.7 Å². The third-order valence-electron chi connectivity index (χ3n) is 7.22. The molecule has 0 amide bonds. The lowest BCUT2D eigenvalue weighted by molar-refractivity contribution is -0.149. The number of alkyl halides is 3. The first kappa shape index (κ1) is 36.1. The molecule has 4 aromatic rings. The van der Waals surface area contributed by atoms with Gasteiger partial charge >= 0.3 is 19.9 Å². The molecular weight excluding hydrogens is 638 g/mol. The number of carbonyl (C=O) groups is 1. The average molecular weight is 680 g/mol. The van der Waals surface area contributed by atoms with E-state index in [1.807, 2.05) is 42.7 Å². The number of para-hydroxylation sites is 1. The minimum absolute atomic E-state index is 0.150. The van der Waals surface area contributed by atoms with E-state index in [-0.39, 0.29) is 24.8 Å². The first-order valence-corrected chi connectivity index (χ1v) is 17.0. The Morgan fingerprint density at radius 1 is 1.06 bits per heavy atom. The van der Waals surface area contributed by atoms with Crippen molar-refractivity contribution in [1.82, 2.24) is 19.6 Å². The van der Waals surface area contributed by atoms with Crippen LogP contribution in [-0.4, -0.2) is 45.9 Å². The molecule has 256 valence electrons. The van der Waals surface area contributed by atoms with Crippen LogP contribution in [0.4, 0.5) is 19.0 Å². The number of hydrogen-bond donors (Lipinski definition) is 2. The maximum absolute atomic E-state index is 14.3. The van der Waals surface area contributed by atoms with Crippen molar-refractivity contribution in [1.29, 1.82) is 0 Å². The van der Waals surface area contributed by atoms with Crippen molar-refractivity contribution in [2.45, 2.75) is 84.9 Å². The number of nitrogen functional groups attached to an aromatic ring is 1. The molecule has 0 spiro atoms. The molecule has 0 saturated carbocycles. The molecule has 0 fully saturated rings. The number of fused-ring (bicyclic) bond motifs is 3. The maximum Gasteiger partial charge on any atom is 0.459 e. The van der Waals surface area contributed by atoms with Gasteiger partial charge in [0.2, 0.25) is 0 Å². The van der Waals surface area contributed by atoms with Crippen LogP contribution in [-0.2, 0) is 36.1 Å². The summed E-state index contributed by atoms with van der Waals surface area (Å²) in [6, 6.07) is 9.55. The number of ether oxygens (including phenoxy) is 2. The zero-order valence-corrected chi connectivity index (χ0v) is 27.9. The summed E-state index contributed by atoms with van der Waals surface area (Å²) in [6.07, 6.45) is -2.87. The molecule has 2 aromatic heterocycles. The Morgan fingerprint density at radius 2 is 1.77 bits per heavy atom. The van der Waals surface area contributed by atoms with Crippen LogP contribution in [0.15, 0.2) is 48.5 Å². The second-order valence-electron chi connectivity index (χ2n) is 11.3. The Morgan fingerprint density at radius 3 is 2.40 bits per heavy atom. The van der Waals surface area contributed by atoms with Crippen molar-refractivity contribution in [2.24, 2.45) is 0 Å². The van der Waals surface area contributed by atoms with Gasteiger partial charge in [-0.05, 0) is 64.4 Å². The van der Waals surface area contributed by atoms with Gasteiger partial charge in [0.25, 0.3) is 0 Å². The fourth-order valence-corrected chi connectivity index (χ4v) is 6.55. The molecule has 0 aliphatic rings. The van der Waals surface area contributed by atoms with Crippen molar-refractivity contribution >= 4 is 41.5 Å². The Bertz CT molecular complexity index is 1710. The van der Waals surface area contributed by atoms with Gasteiger partial charge in [0.15, 0.2) is 5.82 Å². The number of pyridine rings is 1. The molecule has 47 heavy (non-hydrogen) atoms. The van der Waals surface area contributed by atoms with Crippen LogP contribution in [0.5, 0.6) is 5.75 Å². The smallest absolute Gasteiger partial charge is 0.459 e. The normalized spacial score (nSPS) is 14.7. The third kappa shape index (κ3) is 9.01. The van der Waals surface area contributed by atoms with Crippen LogP contribution in [0.1, 0.15) is 71.3 Å². The van der Waals surface area contributed by atoms with E-state index < -0.39 is 43.6 Å². The summed E-state index contributed by atoms with van der Waals surface area (Å²) in [5.41, 5.74) is 7.30. The number of aromatic nitrogens is 3. The minimum Gasteiger partial charge on any atom is -0.462 e. The van der Waals surface area contributed by atoms with Crippen LogP contribution < -0.4 is 15.3 Å². The van der Waals surface area contributed by atoms with Crippen LogP contribution >= 0.6 is 7.75 Å². The molecule has 0 bridgehead atoms. The van der Waals surface area contributed by atoms with Crippen molar-refractivity contribution in [3.63, 3.8) is 0 Å². The first-order chi connectivity index (χ1) is 22.3.